The normalized spacial score (nSPS) is 20.9. The topological polar surface area (TPSA) is 57.5 Å². The molecule has 2 N–H and O–H groups in total. The summed E-state index contributed by atoms with van der Waals surface area (Å²) in [5, 5.41) is 18.1. The Morgan fingerprint density at radius 1 is 1.07 bits per heavy atom. The van der Waals surface area contributed by atoms with Gasteiger partial charge in [0.25, 0.3) is 0 Å². The van der Waals surface area contributed by atoms with E-state index in [2.05, 4.69) is 0 Å². The second kappa shape index (κ2) is 6.11. The minimum atomic E-state index is -0.623. The Hall–Kier alpha value is -0.570. The van der Waals surface area contributed by atoms with E-state index in [-0.39, 0.29) is 6.61 Å². The molecule has 0 unspecified atom stereocenters. The van der Waals surface area contributed by atoms with Crippen LogP contribution in [0.25, 0.3) is 0 Å². The molecule has 1 saturated carbocycles. The molecule has 88 valence electrons. The number of aliphatic hydroxyl groups is 1. The molecule has 0 saturated heterocycles. The smallest absolute Gasteiger partial charge is 0.309 e. The number of rotatable bonds is 5. The number of hydrogen-bond donors (Lipinski definition) is 2. The molecular weight excluding hydrogens is 192 g/mol. The fraction of sp³-hybridized carbons (Fsp3) is 0.917. The van der Waals surface area contributed by atoms with E-state index in [1.54, 1.807) is 0 Å². The standard InChI is InChI=1S/C12H22O3/c13-10-6-5-9-12(11(14)15)7-3-1-2-4-8-12/h13H,1-10H2,(H,14,15). The molecule has 3 heteroatoms. The molecular formula is C12H22O3. The largest absolute Gasteiger partial charge is 0.481 e. The summed E-state index contributed by atoms with van der Waals surface area (Å²) in [5.41, 5.74) is -0.480. The average Bonchev–Trinajstić information content (AvgIpc) is 2.45. The summed E-state index contributed by atoms with van der Waals surface area (Å²) in [6.45, 7) is 0.176. The maximum absolute atomic E-state index is 11.4. The average molecular weight is 214 g/mol. The summed E-state index contributed by atoms with van der Waals surface area (Å²) < 4.78 is 0. The maximum Gasteiger partial charge on any atom is 0.309 e. The van der Waals surface area contributed by atoms with E-state index in [9.17, 15) is 9.90 Å². The van der Waals surface area contributed by atoms with Crippen LogP contribution in [0.3, 0.4) is 0 Å². The van der Waals surface area contributed by atoms with Gasteiger partial charge in [-0.3, -0.25) is 4.79 Å². The van der Waals surface area contributed by atoms with Gasteiger partial charge in [0.05, 0.1) is 5.41 Å². The van der Waals surface area contributed by atoms with E-state index < -0.39 is 11.4 Å². The minimum absolute atomic E-state index is 0.176. The zero-order valence-electron chi connectivity index (χ0n) is 9.37. The lowest BCUT2D eigenvalue weighted by Gasteiger charge is -2.27. The molecule has 1 aliphatic carbocycles. The van der Waals surface area contributed by atoms with E-state index in [1.807, 2.05) is 0 Å². The van der Waals surface area contributed by atoms with Crippen LogP contribution in [-0.4, -0.2) is 22.8 Å². The predicted molar refractivity (Wildman–Crippen MR) is 58.7 cm³/mol. The van der Waals surface area contributed by atoms with Gasteiger partial charge in [0, 0.05) is 6.61 Å². The summed E-state index contributed by atoms with van der Waals surface area (Å²) >= 11 is 0. The molecule has 0 atom stereocenters. The van der Waals surface area contributed by atoms with Crippen molar-refractivity contribution in [2.45, 2.75) is 57.8 Å². The Morgan fingerprint density at radius 3 is 2.13 bits per heavy atom. The Labute approximate surface area is 91.5 Å². The van der Waals surface area contributed by atoms with E-state index in [1.165, 1.54) is 12.8 Å². The lowest BCUT2D eigenvalue weighted by molar-refractivity contribution is -0.150. The fourth-order valence-corrected chi connectivity index (χ4v) is 2.55. The summed E-state index contributed by atoms with van der Waals surface area (Å²) in [6.07, 6.45) is 8.41. The Kier molecular flexibility index (Phi) is 5.09. The first kappa shape index (κ1) is 12.5. The van der Waals surface area contributed by atoms with E-state index in [4.69, 9.17) is 5.11 Å². The van der Waals surface area contributed by atoms with Crippen LogP contribution < -0.4 is 0 Å². The van der Waals surface area contributed by atoms with Crippen LogP contribution >= 0.6 is 0 Å². The molecule has 0 radical (unpaired) electrons. The van der Waals surface area contributed by atoms with Gasteiger partial charge in [-0.1, -0.05) is 32.1 Å². The van der Waals surface area contributed by atoms with Gasteiger partial charge >= 0.3 is 5.97 Å². The van der Waals surface area contributed by atoms with Gasteiger partial charge in [-0.05, 0) is 25.7 Å². The summed E-state index contributed by atoms with van der Waals surface area (Å²) in [4.78, 5) is 11.4. The van der Waals surface area contributed by atoms with Gasteiger partial charge in [-0.15, -0.1) is 0 Å². The highest BCUT2D eigenvalue weighted by atomic mass is 16.4. The van der Waals surface area contributed by atoms with E-state index in [0.29, 0.717) is 0 Å². The van der Waals surface area contributed by atoms with Crippen molar-refractivity contribution < 1.29 is 15.0 Å². The Balaban J connectivity index is 2.55. The highest BCUT2D eigenvalue weighted by Gasteiger charge is 2.37. The van der Waals surface area contributed by atoms with Crippen molar-refractivity contribution >= 4 is 5.97 Å². The molecule has 1 aliphatic rings. The molecule has 0 aromatic heterocycles. The van der Waals surface area contributed by atoms with Gasteiger partial charge in [-0.25, -0.2) is 0 Å². The van der Waals surface area contributed by atoms with Crippen LogP contribution in [0.4, 0.5) is 0 Å². The Morgan fingerprint density at radius 2 is 1.67 bits per heavy atom. The Bertz CT molecular complexity index is 193. The molecule has 0 aliphatic heterocycles. The lowest BCUT2D eigenvalue weighted by Crippen LogP contribution is -2.30. The van der Waals surface area contributed by atoms with Crippen LogP contribution in [0.15, 0.2) is 0 Å². The first-order valence-corrected chi connectivity index (χ1v) is 6.05. The number of aliphatic carboxylic acids is 1. The molecule has 1 fully saturated rings. The SMILES string of the molecule is O=C(O)C1(CCCCO)CCCCCC1. The molecule has 0 heterocycles. The minimum Gasteiger partial charge on any atom is -0.481 e. The van der Waals surface area contributed by atoms with Crippen molar-refractivity contribution in [3.8, 4) is 0 Å². The van der Waals surface area contributed by atoms with Crippen LogP contribution in [0.5, 0.6) is 0 Å². The van der Waals surface area contributed by atoms with Crippen molar-refractivity contribution in [1.29, 1.82) is 0 Å². The quantitative estimate of drug-likeness (QED) is 0.546. The molecule has 3 nitrogen and oxygen atoms in total. The third kappa shape index (κ3) is 3.49. The van der Waals surface area contributed by atoms with Crippen molar-refractivity contribution in [3.63, 3.8) is 0 Å². The number of carbonyl (C=O) groups is 1. The van der Waals surface area contributed by atoms with Crippen LogP contribution in [-0.2, 0) is 4.79 Å². The van der Waals surface area contributed by atoms with E-state index >= 15 is 0 Å². The van der Waals surface area contributed by atoms with Crippen molar-refractivity contribution in [2.24, 2.45) is 5.41 Å². The zero-order chi connectivity index (χ0) is 11.1. The van der Waals surface area contributed by atoms with Gasteiger partial charge in [0.15, 0.2) is 0 Å². The second-order valence-electron chi connectivity index (χ2n) is 4.68. The highest BCUT2D eigenvalue weighted by Crippen LogP contribution is 2.39. The van der Waals surface area contributed by atoms with Gasteiger partial charge in [-0.2, -0.15) is 0 Å². The van der Waals surface area contributed by atoms with Gasteiger partial charge < -0.3 is 10.2 Å². The first-order valence-electron chi connectivity index (χ1n) is 6.05. The molecule has 15 heavy (non-hydrogen) atoms. The van der Waals surface area contributed by atoms with Crippen molar-refractivity contribution in [1.82, 2.24) is 0 Å². The van der Waals surface area contributed by atoms with Gasteiger partial charge in [0.2, 0.25) is 0 Å². The summed E-state index contributed by atoms with van der Waals surface area (Å²) in [7, 11) is 0. The van der Waals surface area contributed by atoms with Crippen LogP contribution in [0, 0.1) is 5.41 Å². The number of carboxylic acid groups (broad SMARTS) is 1. The van der Waals surface area contributed by atoms with E-state index in [0.717, 1.165) is 44.9 Å². The van der Waals surface area contributed by atoms with Crippen LogP contribution in [0.2, 0.25) is 0 Å². The molecule has 1 rings (SSSR count). The second-order valence-corrected chi connectivity index (χ2v) is 4.68. The molecule has 0 aromatic carbocycles. The number of unbranched alkanes of at least 4 members (excludes halogenated alkanes) is 1. The lowest BCUT2D eigenvalue weighted by atomic mass is 9.76. The number of carboxylic acids is 1. The van der Waals surface area contributed by atoms with Crippen LogP contribution in [0.1, 0.15) is 57.8 Å². The first-order chi connectivity index (χ1) is 7.21. The summed E-state index contributed by atoms with van der Waals surface area (Å²) in [5.74, 6) is -0.623. The fourth-order valence-electron chi connectivity index (χ4n) is 2.55. The van der Waals surface area contributed by atoms with Gasteiger partial charge in [0.1, 0.15) is 0 Å². The number of aliphatic hydroxyl groups excluding tert-OH is 1. The monoisotopic (exact) mass is 214 g/mol. The third-order valence-corrected chi connectivity index (χ3v) is 3.58. The molecule has 0 amide bonds. The third-order valence-electron chi connectivity index (χ3n) is 3.58. The molecule has 0 spiro atoms. The van der Waals surface area contributed by atoms with Crippen molar-refractivity contribution in [2.75, 3.05) is 6.61 Å². The summed E-state index contributed by atoms with van der Waals surface area (Å²) in [6, 6.07) is 0. The van der Waals surface area contributed by atoms with Crippen molar-refractivity contribution in [3.05, 3.63) is 0 Å². The highest BCUT2D eigenvalue weighted by molar-refractivity contribution is 5.74. The molecule has 0 bridgehead atoms. The predicted octanol–water partition coefficient (Wildman–Crippen LogP) is 2.57. The molecule has 0 aromatic rings. The maximum atomic E-state index is 11.4. The number of hydrogen-bond acceptors (Lipinski definition) is 2. The zero-order valence-corrected chi connectivity index (χ0v) is 9.37.